The van der Waals surface area contributed by atoms with Crippen molar-refractivity contribution in [3.63, 3.8) is 0 Å². The summed E-state index contributed by atoms with van der Waals surface area (Å²) >= 11 is 1.47. The number of benzene rings is 1. The number of piperidine rings is 1. The van der Waals surface area contributed by atoms with Crippen LogP contribution in [-0.2, 0) is 9.59 Å². The third kappa shape index (κ3) is 4.63. The Balaban J connectivity index is 1.21. The predicted octanol–water partition coefficient (Wildman–Crippen LogP) is 2.67. The summed E-state index contributed by atoms with van der Waals surface area (Å²) in [5.74, 6) is 1.05. The number of ether oxygens (including phenoxy) is 1. The van der Waals surface area contributed by atoms with Crippen molar-refractivity contribution in [1.82, 2.24) is 15.1 Å². The van der Waals surface area contributed by atoms with Crippen LogP contribution in [0.25, 0.3) is 0 Å². The molecular weight excluding hydrogens is 364 g/mol. The van der Waals surface area contributed by atoms with Gasteiger partial charge in [0.1, 0.15) is 10.8 Å². The molecule has 2 aliphatic rings. The van der Waals surface area contributed by atoms with Gasteiger partial charge in [-0.2, -0.15) is 0 Å². The Morgan fingerprint density at radius 1 is 1.11 bits per heavy atom. The van der Waals surface area contributed by atoms with Gasteiger partial charge in [-0.25, -0.2) is 0 Å². The second-order valence-corrected chi connectivity index (χ2v) is 7.97. The fraction of sp³-hybridized carbons (Fsp3) is 0.474. The normalized spacial score (nSPS) is 17.6. The molecule has 1 aliphatic carbocycles. The molecule has 1 aromatic carbocycles. The molecule has 2 amide bonds. The number of hydrogen-bond donors (Lipinski definition) is 1. The lowest BCUT2D eigenvalue weighted by Crippen LogP contribution is -2.43. The van der Waals surface area contributed by atoms with Crippen LogP contribution < -0.4 is 10.1 Å². The highest BCUT2D eigenvalue weighted by molar-refractivity contribution is 7.15. The topological polar surface area (TPSA) is 84.4 Å². The Bertz CT molecular complexity index is 798. The van der Waals surface area contributed by atoms with Gasteiger partial charge < -0.3 is 15.0 Å². The highest BCUT2D eigenvalue weighted by Gasteiger charge is 2.30. The monoisotopic (exact) mass is 386 g/mol. The maximum absolute atomic E-state index is 12.4. The molecule has 4 rings (SSSR count). The van der Waals surface area contributed by atoms with Crippen molar-refractivity contribution in [2.75, 3.05) is 25.0 Å². The summed E-state index contributed by atoms with van der Waals surface area (Å²) in [7, 11) is 0. The molecule has 8 heteroatoms. The second kappa shape index (κ2) is 8.04. The van der Waals surface area contributed by atoms with Gasteiger partial charge in [-0.1, -0.05) is 29.5 Å². The van der Waals surface area contributed by atoms with Gasteiger partial charge in [0.15, 0.2) is 6.61 Å². The minimum absolute atomic E-state index is 0.0234. The summed E-state index contributed by atoms with van der Waals surface area (Å²) < 4.78 is 5.52. The van der Waals surface area contributed by atoms with Gasteiger partial charge in [0, 0.05) is 24.9 Å². The van der Waals surface area contributed by atoms with E-state index in [1.54, 1.807) is 4.90 Å². The van der Waals surface area contributed by atoms with E-state index >= 15 is 0 Å². The molecule has 2 heterocycles. The number of nitrogens with zero attached hydrogens (tertiary/aromatic N) is 3. The smallest absolute Gasteiger partial charge is 0.260 e. The molecule has 142 valence electrons. The lowest BCUT2D eigenvalue weighted by molar-refractivity contribution is -0.136. The minimum atomic E-state index is -0.0997. The Morgan fingerprint density at radius 2 is 1.85 bits per heavy atom. The molecule has 0 spiro atoms. The van der Waals surface area contributed by atoms with E-state index in [9.17, 15) is 9.59 Å². The number of nitrogens with one attached hydrogen (secondary N) is 1. The quantitative estimate of drug-likeness (QED) is 0.825. The van der Waals surface area contributed by atoms with Gasteiger partial charge in [-0.3, -0.25) is 9.59 Å². The van der Waals surface area contributed by atoms with Crippen molar-refractivity contribution in [1.29, 1.82) is 0 Å². The summed E-state index contributed by atoms with van der Waals surface area (Å²) in [6.45, 7) is 1.16. The van der Waals surface area contributed by atoms with Crippen molar-refractivity contribution in [2.24, 2.45) is 5.92 Å². The van der Waals surface area contributed by atoms with Crippen LogP contribution in [-0.4, -0.2) is 46.6 Å². The number of likely N-dealkylation sites (tertiary alicyclic amines) is 1. The van der Waals surface area contributed by atoms with Gasteiger partial charge in [0.05, 0.1) is 0 Å². The van der Waals surface area contributed by atoms with Gasteiger partial charge in [0.25, 0.3) is 5.91 Å². The third-order valence-corrected chi connectivity index (χ3v) is 5.92. The van der Waals surface area contributed by atoms with E-state index in [1.165, 1.54) is 24.2 Å². The number of carbonyl (C=O) groups is 2. The van der Waals surface area contributed by atoms with Crippen LogP contribution in [0.15, 0.2) is 30.3 Å². The molecular formula is C19H22N4O3S. The summed E-state index contributed by atoms with van der Waals surface area (Å²) in [6.07, 6.45) is 3.64. The van der Waals surface area contributed by atoms with Crippen molar-refractivity contribution in [3.05, 3.63) is 35.3 Å². The van der Waals surface area contributed by atoms with Crippen LogP contribution in [0, 0.1) is 5.92 Å². The summed E-state index contributed by atoms with van der Waals surface area (Å²) in [5, 5.41) is 12.7. The van der Waals surface area contributed by atoms with E-state index in [1.807, 2.05) is 30.3 Å². The molecule has 1 N–H and O–H groups in total. The first kappa shape index (κ1) is 17.9. The van der Waals surface area contributed by atoms with Gasteiger partial charge in [-0.05, 0) is 37.8 Å². The van der Waals surface area contributed by atoms with E-state index in [4.69, 9.17) is 4.74 Å². The number of anilines is 1. The van der Waals surface area contributed by atoms with Crippen LogP contribution in [0.2, 0.25) is 0 Å². The number of amides is 2. The van der Waals surface area contributed by atoms with E-state index in [2.05, 4.69) is 15.5 Å². The number of rotatable bonds is 6. The van der Waals surface area contributed by atoms with E-state index in [0.717, 1.165) is 5.01 Å². The first-order valence-electron chi connectivity index (χ1n) is 9.29. The second-order valence-electron chi connectivity index (χ2n) is 6.97. The largest absolute Gasteiger partial charge is 0.484 e. The Morgan fingerprint density at radius 3 is 2.56 bits per heavy atom. The van der Waals surface area contributed by atoms with Gasteiger partial charge >= 0.3 is 0 Å². The molecule has 2 aromatic rings. The molecule has 0 unspecified atom stereocenters. The third-order valence-electron chi connectivity index (χ3n) is 4.92. The average molecular weight is 386 g/mol. The first-order valence-corrected chi connectivity index (χ1v) is 10.1. The standard InChI is InChI=1S/C19H22N4O3S/c24-16(12-26-15-4-2-1-3-5-15)23-10-8-13(9-11-23)17(25)20-19-22-21-18(27-19)14-6-7-14/h1-5,13-14H,6-12H2,(H,20,22,25). The molecule has 0 bridgehead atoms. The van der Waals surface area contributed by atoms with Crippen LogP contribution >= 0.6 is 11.3 Å². The molecule has 0 atom stereocenters. The molecule has 1 saturated heterocycles. The van der Waals surface area contributed by atoms with Gasteiger partial charge in [-0.15, -0.1) is 10.2 Å². The van der Waals surface area contributed by atoms with E-state index in [0.29, 0.717) is 42.7 Å². The van der Waals surface area contributed by atoms with E-state index in [-0.39, 0.29) is 24.3 Å². The van der Waals surface area contributed by atoms with Crippen LogP contribution in [0.4, 0.5) is 5.13 Å². The van der Waals surface area contributed by atoms with E-state index < -0.39 is 0 Å². The number of para-hydroxylation sites is 1. The SMILES string of the molecule is O=C(Nc1nnc(C2CC2)s1)C1CCN(C(=O)COc2ccccc2)CC1. The maximum atomic E-state index is 12.4. The molecule has 2 fully saturated rings. The van der Waals surface area contributed by atoms with Crippen molar-refractivity contribution >= 4 is 28.3 Å². The zero-order chi connectivity index (χ0) is 18.6. The Kier molecular flexibility index (Phi) is 5.33. The Labute approximate surface area is 161 Å². The van der Waals surface area contributed by atoms with Crippen LogP contribution in [0.3, 0.4) is 0 Å². The molecule has 1 aromatic heterocycles. The average Bonchev–Trinajstić information content (AvgIpc) is 3.46. The zero-order valence-corrected chi connectivity index (χ0v) is 15.8. The highest BCUT2D eigenvalue weighted by Crippen LogP contribution is 2.42. The van der Waals surface area contributed by atoms with Gasteiger partial charge in [0.2, 0.25) is 11.0 Å². The highest BCUT2D eigenvalue weighted by atomic mass is 32.1. The summed E-state index contributed by atoms with van der Waals surface area (Å²) in [4.78, 5) is 26.5. The fourth-order valence-corrected chi connectivity index (χ4v) is 4.05. The molecule has 27 heavy (non-hydrogen) atoms. The number of hydrogen-bond acceptors (Lipinski definition) is 6. The number of carbonyl (C=O) groups excluding carboxylic acids is 2. The van der Waals surface area contributed by atoms with Crippen molar-refractivity contribution in [3.8, 4) is 5.75 Å². The predicted molar refractivity (Wildman–Crippen MR) is 102 cm³/mol. The molecule has 0 radical (unpaired) electrons. The fourth-order valence-electron chi connectivity index (χ4n) is 3.13. The zero-order valence-electron chi connectivity index (χ0n) is 15.0. The molecule has 1 saturated carbocycles. The lowest BCUT2D eigenvalue weighted by Gasteiger charge is -2.31. The molecule has 1 aliphatic heterocycles. The first-order chi connectivity index (χ1) is 13.2. The van der Waals surface area contributed by atoms with Crippen LogP contribution in [0.5, 0.6) is 5.75 Å². The van der Waals surface area contributed by atoms with Crippen molar-refractivity contribution < 1.29 is 14.3 Å². The summed E-state index contributed by atoms with van der Waals surface area (Å²) in [5.41, 5.74) is 0. The summed E-state index contributed by atoms with van der Waals surface area (Å²) in [6, 6.07) is 9.29. The lowest BCUT2D eigenvalue weighted by atomic mass is 9.96. The number of aromatic nitrogens is 2. The van der Waals surface area contributed by atoms with Crippen molar-refractivity contribution in [2.45, 2.75) is 31.6 Å². The minimum Gasteiger partial charge on any atom is -0.484 e. The maximum Gasteiger partial charge on any atom is 0.260 e. The molecule has 7 nitrogen and oxygen atoms in total. The van der Waals surface area contributed by atoms with Crippen LogP contribution in [0.1, 0.15) is 36.6 Å². The Hall–Kier alpha value is -2.48.